The molecule has 1 aromatic carbocycles. The SMILES string of the molecule is O=C1CS(=O)(=O)C(c2cnccn2)(c2ccc(Cl)cc2Cl)N1. The van der Waals surface area contributed by atoms with E-state index in [0.717, 1.165) is 0 Å². The highest BCUT2D eigenvalue weighted by atomic mass is 35.5. The molecule has 1 aromatic heterocycles. The van der Waals surface area contributed by atoms with Crippen molar-refractivity contribution in [3.63, 3.8) is 0 Å². The topological polar surface area (TPSA) is 89.0 Å². The van der Waals surface area contributed by atoms with Crippen molar-refractivity contribution in [1.82, 2.24) is 15.3 Å². The molecule has 0 saturated carbocycles. The van der Waals surface area contributed by atoms with Gasteiger partial charge in [-0.1, -0.05) is 29.3 Å². The highest BCUT2D eigenvalue weighted by Crippen LogP contribution is 2.41. The Morgan fingerprint density at radius 3 is 2.55 bits per heavy atom. The number of carbonyl (C=O) groups excluding carboxylic acids is 1. The van der Waals surface area contributed by atoms with E-state index >= 15 is 0 Å². The minimum Gasteiger partial charge on any atom is -0.327 e. The predicted molar refractivity (Wildman–Crippen MR) is 81.2 cm³/mol. The van der Waals surface area contributed by atoms with Gasteiger partial charge in [-0.25, -0.2) is 8.42 Å². The lowest BCUT2D eigenvalue weighted by Crippen LogP contribution is -2.45. The zero-order valence-electron chi connectivity index (χ0n) is 11.0. The summed E-state index contributed by atoms with van der Waals surface area (Å²) in [5.41, 5.74) is 0.259. The molecule has 2 aromatic rings. The van der Waals surface area contributed by atoms with Gasteiger partial charge >= 0.3 is 0 Å². The Kier molecular flexibility index (Phi) is 3.58. The third-order valence-corrected chi connectivity index (χ3v) is 5.99. The molecule has 0 bridgehead atoms. The van der Waals surface area contributed by atoms with Crippen LogP contribution in [0.15, 0.2) is 36.8 Å². The fourth-order valence-corrected chi connectivity index (χ4v) is 4.89. The molecule has 3 rings (SSSR count). The first-order valence-electron chi connectivity index (χ1n) is 6.12. The van der Waals surface area contributed by atoms with Gasteiger partial charge in [0.15, 0.2) is 9.84 Å². The average Bonchev–Trinajstić information content (AvgIpc) is 2.69. The number of aromatic nitrogens is 2. The number of sulfone groups is 1. The molecule has 0 radical (unpaired) electrons. The maximum Gasteiger partial charge on any atom is 0.237 e. The molecule has 1 aliphatic rings. The van der Waals surface area contributed by atoms with Gasteiger partial charge in [-0.2, -0.15) is 0 Å². The summed E-state index contributed by atoms with van der Waals surface area (Å²) in [5, 5.41) is 2.96. The van der Waals surface area contributed by atoms with E-state index in [9.17, 15) is 13.2 Å². The highest BCUT2D eigenvalue weighted by molar-refractivity contribution is 7.93. The highest BCUT2D eigenvalue weighted by Gasteiger charge is 2.56. The number of hydrogen-bond donors (Lipinski definition) is 1. The molecule has 1 N–H and O–H groups in total. The van der Waals surface area contributed by atoms with E-state index in [2.05, 4.69) is 15.3 Å². The normalized spacial score (nSPS) is 23.3. The van der Waals surface area contributed by atoms with Crippen LogP contribution in [-0.4, -0.2) is 30.0 Å². The molecule has 1 aliphatic heterocycles. The number of carbonyl (C=O) groups is 1. The zero-order chi connectivity index (χ0) is 16.0. The summed E-state index contributed by atoms with van der Waals surface area (Å²) in [6.07, 6.45) is 4.04. The third-order valence-electron chi connectivity index (χ3n) is 3.34. The largest absolute Gasteiger partial charge is 0.327 e. The number of rotatable bonds is 2. The van der Waals surface area contributed by atoms with E-state index in [1.807, 2.05) is 0 Å². The molecule has 6 nitrogen and oxygen atoms in total. The van der Waals surface area contributed by atoms with Gasteiger partial charge in [0.1, 0.15) is 11.4 Å². The molecule has 22 heavy (non-hydrogen) atoms. The molecular formula is C13H9Cl2N3O3S. The summed E-state index contributed by atoms with van der Waals surface area (Å²) in [6.45, 7) is 0. The van der Waals surface area contributed by atoms with Gasteiger partial charge in [0.05, 0.1) is 6.20 Å². The van der Waals surface area contributed by atoms with Crippen LogP contribution in [0.25, 0.3) is 0 Å². The molecule has 0 spiro atoms. The van der Waals surface area contributed by atoms with Gasteiger partial charge < -0.3 is 5.32 Å². The summed E-state index contributed by atoms with van der Waals surface area (Å²) < 4.78 is 25.4. The van der Waals surface area contributed by atoms with E-state index in [1.54, 1.807) is 0 Å². The Hall–Kier alpha value is -1.70. The second-order valence-corrected chi connectivity index (χ2v) is 7.68. The summed E-state index contributed by atoms with van der Waals surface area (Å²) in [6, 6.07) is 4.37. The van der Waals surface area contributed by atoms with Crippen LogP contribution in [0, 0.1) is 0 Å². The van der Waals surface area contributed by atoms with Crippen LogP contribution < -0.4 is 5.32 Å². The number of halogens is 2. The molecule has 1 fully saturated rings. The lowest BCUT2D eigenvalue weighted by atomic mass is 10.0. The second-order valence-electron chi connectivity index (χ2n) is 4.70. The van der Waals surface area contributed by atoms with Gasteiger partial charge in [-0.05, 0) is 12.1 Å². The van der Waals surface area contributed by atoms with Crippen LogP contribution >= 0.6 is 23.2 Å². The van der Waals surface area contributed by atoms with Crippen molar-refractivity contribution in [1.29, 1.82) is 0 Å². The van der Waals surface area contributed by atoms with Crippen LogP contribution in [0.4, 0.5) is 0 Å². The fourth-order valence-electron chi connectivity index (χ4n) is 2.44. The molecule has 1 atom stereocenters. The Labute approximate surface area is 136 Å². The zero-order valence-corrected chi connectivity index (χ0v) is 13.3. The molecule has 1 saturated heterocycles. The molecule has 114 valence electrons. The van der Waals surface area contributed by atoms with Gasteiger partial charge in [-0.3, -0.25) is 14.8 Å². The van der Waals surface area contributed by atoms with Crippen LogP contribution in [-0.2, 0) is 19.5 Å². The van der Waals surface area contributed by atoms with E-state index in [1.165, 1.54) is 36.8 Å². The van der Waals surface area contributed by atoms with Gasteiger partial charge in [-0.15, -0.1) is 0 Å². The lowest BCUT2D eigenvalue weighted by Gasteiger charge is -2.28. The summed E-state index contributed by atoms with van der Waals surface area (Å²) in [5.74, 6) is -1.28. The van der Waals surface area contributed by atoms with Gasteiger partial charge in [0, 0.05) is 28.0 Å². The van der Waals surface area contributed by atoms with E-state index in [4.69, 9.17) is 23.2 Å². The second kappa shape index (κ2) is 5.19. The lowest BCUT2D eigenvalue weighted by molar-refractivity contribution is -0.118. The Balaban J connectivity index is 2.37. The van der Waals surface area contributed by atoms with Crippen molar-refractivity contribution < 1.29 is 13.2 Å². The van der Waals surface area contributed by atoms with Gasteiger partial charge in [0.2, 0.25) is 10.8 Å². The number of hydrogen-bond acceptors (Lipinski definition) is 5. The first-order valence-corrected chi connectivity index (χ1v) is 8.53. The number of nitrogens with one attached hydrogen (secondary N) is 1. The van der Waals surface area contributed by atoms with Crippen LogP contribution in [0.2, 0.25) is 10.0 Å². The van der Waals surface area contributed by atoms with E-state index in [-0.39, 0.29) is 16.3 Å². The average molecular weight is 358 g/mol. The number of benzene rings is 1. The maximum absolute atomic E-state index is 12.7. The molecule has 9 heteroatoms. The van der Waals surface area contributed by atoms with Crippen molar-refractivity contribution in [3.8, 4) is 0 Å². The van der Waals surface area contributed by atoms with Crippen molar-refractivity contribution in [2.45, 2.75) is 4.87 Å². The summed E-state index contributed by atoms with van der Waals surface area (Å²) in [4.78, 5) is 17.9. The van der Waals surface area contributed by atoms with Gasteiger partial charge in [0.25, 0.3) is 0 Å². The Morgan fingerprint density at radius 1 is 1.23 bits per heavy atom. The fraction of sp³-hybridized carbons (Fsp3) is 0.154. The third kappa shape index (κ3) is 2.16. The van der Waals surface area contributed by atoms with Crippen molar-refractivity contribution >= 4 is 38.9 Å². The quantitative estimate of drug-likeness (QED) is 0.880. The Morgan fingerprint density at radius 2 is 2.00 bits per heavy atom. The summed E-state index contributed by atoms with van der Waals surface area (Å²) >= 11 is 12.0. The first kappa shape index (κ1) is 15.2. The van der Waals surface area contributed by atoms with Crippen molar-refractivity contribution in [2.24, 2.45) is 0 Å². The summed E-state index contributed by atoms with van der Waals surface area (Å²) in [7, 11) is -3.93. The molecule has 0 aliphatic carbocycles. The molecule has 2 heterocycles. The number of nitrogens with zero attached hydrogens (tertiary/aromatic N) is 2. The van der Waals surface area contributed by atoms with E-state index in [0.29, 0.717) is 5.02 Å². The van der Waals surface area contributed by atoms with E-state index < -0.39 is 26.4 Å². The number of amides is 1. The maximum atomic E-state index is 12.7. The molecular weight excluding hydrogens is 349 g/mol. The molecule has 1 amide bonds. The van der Waals surface area contributed by atoms with Crippen LogP contribution in [0.1, 0.15) is 11.3 Å². The minimum atomic E-state index is -3.93. The predicted octanol–water partition coefficient (Wildman–Crippen LogP) is 1.53. The Bertz CT molecular complexity index is 858. The first-order chi connectivity index (χ1) is 10.4. The minimum absolute atomic E-state index is 0.0741. The van der Waals surface area contributed by atoms with Crippen LogP contribution in [0.5, 0.6) is 0 Å². The van der Waals surface area contributed by atoms with Crippen LogP contribution in [0.3, 0.4) is 0 Å². The van der Waals surface area contributed by atoms with Crippen molar-refractivity contribution in [3.05, 3.63) is 58.1 Å². The molecule has 1 unspecified atom stereocenters. The monoisotopic (exact) mass is 357 g/mol. The standard InChI is InChI=1S/C13H9Cl2N3O3S/c14-8-1-2-9(10(15)5-8)13(11-6-16-3-4-17-11)18-12(19)7-22(13,20)21/h1-6H,7H2,(H,18,19). The van der Waals surface area contributed by atoms with Crippen molar-refractivity contribution in [2.75, 3.05) is 5.75 Å². The smallest absolute Gasteiger partial charge is 0.237 e.